The number of carbonyl (C=O) groups excluding carboxylic acids is 1. The Kier molecular flexibility index (Phi) is 3.72. The number of carbonyl (C=O) groups is 1. The first-order chi connectivity index (χ1) is 8.10. The van der Waals surface area contributed by atoms with Gasteiger partial charge in [-0.05, 0) is 29.5 Å². The average molecular weight is 252 g/mol. The lowest BCUT2D eigenvalue weighted by Crippen LogP contribution is -2.03. The lowest BCUT2D eigenvalue weighted by Gasteiger charge is -2.15. The van der Waals surface area contributed by atoms with Crippen LogP contribution in [-0.2, 0) is 11.2 Å². The van der Waals surface area contributed by atoms with Crippen LogP contribution in [0.3, 0.4) is 0 Å². The molecule has 92 valence electrons. The largest absolute Gasteiger partial charge is 0.326 e. The normalized spacial score (nSPS) is 17.5. The van der Waals surface area contributed by atoms with Gasteiger partial charge < -0.3 is 5.32 Å². The molecule has 0 saturated heterocycles. The van der Waals surface area contributed by atoms with Gasteiger partial charge in [0.15, 0.2) is 0 Å². The first kappa shape index (κ1) is 12.4. The van der Waals surface area contributed by atoms with Gasteiger partial charge in [0.25, 0.3) is 0 Å². The molecule has 0 saturated carbocycles. The van der Waals surface area contributed by atoms with Crippen molar-refractivity contribution in [1.29, 1.82) is 0 Å². The number of anilines is 1. The zero-order valence-electron chi connectivity index (χ0n) is 10.3. The Morgan fingerprint density at radius 3 is 2.94 bits per heavy atom. The van der Waals surface area contributed by atoms with E-state index in [1.165, 1.54) is 0 Å². The van der Waals surface area contributed by atoms with E-state index >= 15 is 0 Å². The third kappa shape index (κ3) is 2.81. The minimum Gasteiger partial charge on any atom is -0.326 e. The highest BCUT2D eigenvalue weighted by molar-refractivity contribution is 6.20. The highest BCUT2D eigenvalue weighted by atomic mass is 35.5. The topological polar surface area (TPSA) is 29.1 Å². The van der Waals surface area contributed by atoms with E-state index in [0.29, 0.717) is 12.3 Å². The quantitative estimate of drug-likeness (QED) is 0.808. The second-order valence-corrected chi connectivity index (χ2v) is 5.39. The highest BCUT2D eigenvalue weighted by Crippen LogP contribution is 2.33. The molecule has 2 rings (SSSR count). The van der Waals surface area contributed by atoms with Gasteiger partial charge in [0, 0.05) is 5.69 Å². The molecule has 1 amide bonds. The molecule has 1 heterocycles. The van der Waals surface area contributed by atoms with Crippen LogP contribution in [0.15, 0.2) is 18.2 Å². The third-order valence-corrected chi connectivity index (χ3v) is 3.85. The van der Waals surface area contributed by atoms with Crippen LogP contribution in [0.2, 0.25) is 0 Å². The molecule has 2 atom stereocenters. The van der Waals surface area contributed by atoms with Gasteiger partial charge in [-0.2, -0.15) is 0 Å². The van der Waals surface area contributed by atoms with E-state index in [1.54, 1.807) is 0 Å². The summed E-state index contributed by atoms with van der Waals surface area (Å²) in [6.45, 7) is 4.40. The molecule has 0 bridgehead atoms. The zero-order valence-corrected chi connectivity index (χ0v) is 11.1. The lowest BCUT2D eigenvalue weighted by atomic mass is 9.97. The maximum Gasteiger partial charge on any atom is 0.228 e. The summed E-state index contributed by atoms with van der Waals surface area (Å²) >= 11 is 6.41. The van der Waals surface area contributed by atoms with Gasteiger partial charge in [0.2, 0.25) is 5.91 Å². The summed E-state index contributed by atoms with van der Waals surface area (Å²) in [4.78, 5) is 11.3. The van der Waals surface area contributed by atoms with Gasteiger partial charge in [-0.25, -0.2) is 0 Å². The number of amides is 1. The SMILES string of the molecule is CCC(C)CC(Cl)c1ccc2c(c1)CC(=O)N2. The van der Waals surface area contributed by atoms with E-state index in [9.17, 15) is 4.79 Å². The van der Waals surface area contributed by atoms with Crippen LogP contribution in [0.25, 0.3) is 0 Å². The first-order valence-electron chi connectivity index (χ1n) is 6.17. The van der Waals surface area contributed by atoms with E-state index in [-0.39, 0.29) is 11.3 Å². The molecule has 17 heavy (non-hydrogen) atoms. The smallest absolute Gasteiger partial charge is 0.228 e. The van der Waals surface area contributed by atoms with Crippen LogP contribution in [0.5, 0.6) is 0 Å². The highest BCUT2D eigenvalue weighted by Gasteiger charge is 2.19. The Labute approximate surface area is 107 Å². The molecule has 1 aromatic carbocycles. The number of rotatable bonds is 4. The molecule has 0 radical (unpaired) electrons. The molecule has 1 N–H and O–H groups in total. The molecule has 2 nitrogen and oxygen atoms in total. The molecule has 0 aliphatic carbocycles. The van der Waals surface area contributed by atoms with Gasteiger partial charge in [0.05, 0.1) is 11.8 Å². The monoisotopic (exact) mass is 251 g/mol. The van der Waals surface area contributed by atoms with Crippen molar-refractivity contribution < 1.29 is 4.79 Å². The van der Waals surface area contributed by atoms with Crippen LogP contribution in [0, 0.1) is 5.92 Å². The molecule has 3 heteroatoms. The van der Waals surface area contributed by atoms with Crippen molar-refractivity contribution in [1.82, 2.24) is 0 Å². The summed E-state index contributed by atoms with van der Waals surface area (Å²) < 4.78 is 0. The fraction of sp³-hybridized carbons (Fsp3) is 0.500. The van der Waals surface area contributed by atoms with E-state index in [1.807, 2.05) is 12.1 Å². The number of benzene rings is 1. The van der Waals surface area contributed by atoms with E-state index in [0.717, 1.165) is 29.7 Å². The predicted octanol–water partition coefficient (Wildman–Crippen LogP) is 3.90. The number of fused-ring (bicyclic) bond motifs is 1. The number of hydrogen-bond donors (Lipinski definition) is 1. The second-order valence-electron chi connectivity index (χ2n) is 4.86. The summed E-state index contributed by atoms with van der Waals surface area (Å²) in [6, 6.07) is 6.04. The second kappa shape index (κ2) is 5.09. The van der Waals surface area contributed by atoms with E-state index < -0.39 is 0 Å². The van der Waals surface area contributed by atoms with Gasteiger partial charge in [-0.15, -0.1) is 11.6 Å². The first-order valence-corrected chi connectivity index (χ1v) is 6.60. The van der Waals surface area contributed by atoms with Crippen LogP contribution in [0.1, 0.15) is 43.2 Å². The molecule has 2 unspecified atom stereocenters. The number of hydrogen-bond acceptors (Lipinski definition) is 1. The average Bonchev–Trinajstić information content (AvgIpc) is 2.67. The number of alkyl halides is 1. The molecular weight excluding hydrogens is 234 g/mol. The Morgan fingerprint density at radius 2 is 2.24 bits per heavy atom. The van der Waals surface area contributed by atoms with Crippen LogP contribution in [0.4, 0.5) is 5.69 Å². The molecule has 1 aliphatic rings. The zero-order chi connectivity index (χ0) is 12.4. The van der Waals surface area contributed by atoms with Gasteiger partial charge in [-0.3, -0.25) is 4.79 Å². The number of halogens is 1. The van der Waals surface area contributed by atoms with Crippen molar-refractivity contribution in [2.45, 2.75) is 38.5 Å². The van der Waals surface area contributed by atoms with E-state index in [4.69, 9.17) is 11.6 Å². The third-order valence-electron chi connectivity index (χ3n) is 3.42. The predicted molar refractivity (Wildman–Crippen MR) is 71.4 cm³/mol. The Bertz CT molecular complexity index is 430. The van der Waals surface area contributed by atoms with Gasteiger partial charge in [0.1, 0.15) is 0 Å². The van der Waals surface area contributed by atoms with Gasteiger partial charge >= 0.3 is 0 Å². The van der Waals surface area contributed by atoms with Crippen molar-refractivity contribution >= 4 is 23.2 Å². The Balaban J connectivity index is 2.12. The fourth-order valence-electron chi connectivity index (χ4n) is 2.10. The minimum absolute atomic E-state index is 0.0472. The Morgan fingerprint density at radius 1 is 1.47 bits per heavy atom. The van der Waals surface area contributed by atoms with Crippen LogP contribution in [-0.4, -0.2) is 5.91 Å². The van der Waals surface area contributed by atoms with Gasteiger partial charge in [-0.1, -0.05) is 32.4 Å². The molecule has 0 spiro atoms. The lowest BCUT2D eigenvalue weighted by molar-refractivity contribution is -0.115. The van der Waals surface area contributed by atoms with E-state index in [2.05, 4.69) is 25.2 Å². The van der Waals surface area contributed by atoms with Crippen molar-refractivity contribution in [2.75, 3.05) is 5.32 Å². The van der Waals surface area contributed by atoms with Crippen molar-refractivity contribution in [3.05, 3.63) is 29.3 Å². The molecule has 0 aromatic heterocycles. The standard InChI is InChI=1S/C14H18ClNO/c1-3-9(2)6-12(15)10-4-5-13-11(7-10)8-14(17)16-13/h4-5,7,9,12H,3,6,8H2,1-2H3,(H,16,17). The summed E-state index contributed by atoms with van der Waals surface area (Å²) in [5, 5.41) is 2.88. The maximum atomic E-state index is 11.3. The molecule has 0 fully saturated rings. The maximum absolute atomic E-state index is 11.3. The summed E-state index contributed by atoms with van der Waals surface area (Å²) in [5.41, 5.74) is 3.13. The molecular formula is C14H18ClNO. The van der Waals surface area contributed by atoms with Crippen molar-refractivity contribution in [3.63, 3.8) is 0 Å². The Hall–Kier alpha value is -1.02. The van der Waals surface area contributed by atoms with Crippen LogP contribution >= 0.6 is 11.6 Å². The molecule has 1 aromatic rings. The minimum atomic E-state index is 0.0472. The van der Waals surface area contributed by atoms with Crippen LogP contribution < -0.4 is 5.32 Å². The molecule has 1 aliphatic heterocycles. The number of nitrogens with one attached hydrogen (secondary N) is 1. The summed E-state index contributed by atoms with van der Waals surface area (Å²) in [6.07, 6.45) is 2.61. The van der Waals surface area contributed by atoms with Crippen molar-refractivity contribution in [2.24, 2.45) is 5.92 Å². The summed E-state index contributed by atoms with van der Waals surface area (Å²) in [7, 11) is 0. The summed E-state index contributed by atoms with van der Waals surface area (Å²) in [5.74, 6) is 0.704. The fourth-order valence-corrected chi connectivity index (χ4v) is 2.54. The van der Waals surface area contributed by atoms with Crippen molar-refractivity contribution in [3.8, 4) is 0 Å².